The Kier molecular flexibility index (Phi) is 13.7. The largest absolute Gasteiger partial charge is 0.310 e. The Morgan fingerprint density at radius 3 is 1.20 bits per heavy atom. The van der Waals surface area contributed by atoms with Crippen LogP contribution in [0.2, 0.25) is 0 Å². The van der Waals surface area contributed by atoms with E-state index >= 15 is 0 Å². The number of fused-ring (bicyclic) bond motifs is 16. The average molecular weight is 1300 g/mol. The summed E-state index contributed by atoms with van der Waals surface area (Å²) in [6.07, 6.45) is 0. The Labute approximate surface area is 589 Å². The molecule has 2 aromatic heterocycles. The summed E-state index contributed by atoms with van der Waals surface area (Å²) in [5, 5.41) is 9.60. The topological polar surface area (TPSA) is 80.6 Å². The zero-order chi connectivity index (χ0) is 67.2. The molecule has 1 spiro atoms. The van der Waals surface area contributed by atoms with Gasteiger partial charge in [0.1, 0.15) is 0 Å². The fourth-order valence-electron chi connectivity index (χ4n) is 16.2. The first-order valence-corrected chi connectivity index (χ1v) is 34.7. The maximum Gasteiger partial charge on any atom is 0.164 e. The molecule has 0 bridgehead atoms. The van der Waals surface area contributed by atoms with E-state index in [0.29, 0.717) is 34.9 Å². The van der Waals surface area contributed by atoms with Gasteiger partial charge in [0.15, 0.2) is 34.9 Å². The maximum absolute atomic E-state index is 5.30. The Morgan fingerprint density at radius 1 is 0.206 bits per heavy atom. The van der Waals surface area contributed by atoms with Crippen LogP contribution in [0.3, 0.4) is 0 Å². The summed E-state index contributed by atoms with van der Waals surface area (Å²) in [5.74, 6) is 3.74. The number of nitrogens with zero attached hydrogens (tertiary/aromatic N) is 7. The van der Waals surface area contributed by atoms with Gasteiger partial charge in [-0.1, -0.05) is 315 Å². The van der Waals surface area contributed by atoms with Crippen LogP contribution in [0.25, 0.3) is 156 Å². The fraction of sp³-hybridized carbons (Fsp3) is 0.0105. The summed E-state index contributed by atoms with van der Waals surface area (Å²) in [7, 11) is 0. The van der Waals surface area contributed by atoms with Crippen molar-refractivity contribution in [1.29, 1.82) is 0 Å². The number of rotatable bonds is 10. The molecule has 7 heteroatoms. The molecule has 0 N–H and O–H groups in total. The van der Waals surface area contributed by atoms with Crippen molar-refractivity contribution in [2.75, 3.05) is 4.90 Å². The zero-order valence-corrected chi connectivity index (χ0v) is 55.2. The molecule has 16 aromatic carbocycles. The molecule has 1 aliphatic carbocycles. The molecule has 2 aliphatic rings. The van der Waals surface area contributed by atoms with Crippen molar-refractivity contribution in [2.24, 2.45) is 0 Å². The molecule has 3 heterocycles. The van der Waals surface area contributed by atoms with E-state index in [2.05, 4.69) is 266 Å². The van der Waals surface area contributed by atoms with Gasteiger partial charge in [-0.3, -0.25) is 0 Å². The summed E-state index contributed by atoms with van der Waals surface area (Å²) in [6, 6.07) is 129. The predicted octanol–water partition coefficient (Wildman–Crippen LogP) is 23.8. The van der Waals surface area contributed by atoms with Crippen LogP contribution in [0.4, 0.5) is 17.1 Å². The van der Waals surface area contributed by atoms with E-state index < -0.39 is 5.41 Å². The third-order valence-corrected chi connectivity index (χ3v) is 20.8. The van der Waals surface area contributed by atoms with Crippen molar-refractivity contribution in [3.8, 4) is 113 Å². The monoisotopic (exact) mass is 1300 g/mol. The van der Waals surface area contributed by atoms with Gasteiger partial charge in [-0.15, -0.1) is 0 Å². The minimum absolute atomic E-state index is 0.608. The molecule has 1 aliphatic heterocycles. The first-order chi connectivity index (χ1) is 50.6. The van der Waals surface area contributed by atoms with E-state index in [1.165, 1.54) is 82.0 Å². The highest BCUT2D eigenvalue weighted by Gasteiger charge is 2.52. The quantitative estimate of drug-likeness (QED) is 0.126. The molecule has 0 unspecified atom stereocenters. The normalized spacial score (nSPS) is 12.6. The summed E-state index contributed by atoms with van der Waals surface area (Å²) in [4.78, 5) is 33.3. The second-order valence-electron chi connectivity index (χ2n) is 26.4. The molecule has 0 fully saturated rings. The standard InChI is InChI=1S/C95H59N7/c1-5-25-63(26-6-1)89-96-90(64-27-7-2-8-28-64)99-93(98-89)67-46-44-62(45-47-67)87-71-33-14-13-24-60(71)50-55-73(87)68-51-56-75-74-34-15-16-37-78(74)88-72(38-23-39-79(88)80(75)58-68)61-48-53-70(54-49-61)102-85-43-22-21-42-83(85)95(81-40-19-17-35-76(81)77-36-18-20-41-82(77)95)84-59-69(52-57-86(84)102)94-100-91(65-29-9-3-10-30-65)97-92(101-94)66-31-11-4-12-32-66/h1-59H. The van der Waals surface area contributed by atoms with Crippen molar-refractivity contribution in [3.05, 3.63) is 380 Å². The molecule has 0 saturated heterocycles. The lowest BCUT2D eigenvalue weighted by Crippen LogP contribution is -2.36. The van der Waals surface area contributed by atoms with Crippen LogP contribution >= 0.6 is 0 Å². The number of hydrogen-bond donors (Lipinski definition) is 0. The Bertz CT molecular complexity index is 6200. The van der Waals surface area contributed by atoms with Gasteiger partial charge >= 0.3 is 0 Å². The van der Waals surface area contributed by atoms with Gasteiger partial charge in [0.05, 0.1) is 16.8 Å². The van der Waals surface area contributed by atoms with Crippen LogP contribution in [-0.2, 0) is 5.41 Å². The second-order valence-corrected chi connectivity index (χ2v) is 26.4. The van der Waals surface area contributed by atoms with E-state index in [4.69, 9.17) is 29.9 Å². The third kappa shape index (κ3) is 9.43. The first-order valence-electron chi connectivity index (χ1n) is 34.7. The van der Waals surface area contributed by atoms with Crippen LogP contribution < -0.4 is 4.90 Å². The molecule has 0 atom stereocenters. The van der Waals surface area contributed by atoms with Crippen molar-refractivity contribution in [2.45, 2.75) is 5.41 Å². The summed E-state index contributed by atoms with van der Waals surface area (Å²) >= 11 is 0. The average Bonchev–Trinajstić information content (AvgIpc) is 1.46. The number of aromatic nitrogens is 6. The maximum atomic E-state index is 5.30. The van der Waals surface area contributed by atoms with Gasteiger partial charge < -0.3 is 4.90 Å². The molecule has 0 saturated carbocycles. The molecule has 102 heavy (non-hydrogen) atoms. The van der Waals surface area contributed by atoms with Crippen molar-refractivity contribution < 1.29 is 0 Å². The fourth-order valence-corrected chi connectivity index (χ4v) is 16.2. The van der Waals surface area contributed by atoms with Crippen molar-refractivity contribution in [3.63, 3.8) is 0 Å². The Hall–Kier alpha value is -13.6. The molecule has 474 valence electrons. The van der Waals surface area contributed by atoms with Gasteiger partial charge in [0, 0.05) is 39.1 Å². The Morgan fingerprint density at radius 2 is 0.608 bits per heavy atom. The molecule has 7 nitrogen and oxygen atoms in total. The molecule has 0 radical (unpaired) electrons. The lowest BCUT2D eigenvalue weighted by atomic mass is 9.64. The third-order valence-electron chi connectivity index (χ3n) is 20.8. The smallest absolute Gasteiger partial charge is 0.164 e. The first kappa shape index (κ1) is 58.5. The van der Waals surface area contributed by atoms with Crippen molar-refractivity contribution >= 4 is 60.2 Å². The van der Waals surface area contributed by atoms with Crippen LogP contribution in [-0.4, -0.2) is 29.9 Å². The van der Waals surface area contributed by atoms with Gasteiger partial charge in [-0.2, -0.15) is 0 Å². The lowest BCUT2D eigenvalue weighted by molar-refractivity contribution is 0.753. The van der Waals surface area contributed by atoms with Gasteiger partial charge in [-0.05, 0) is 152 Å². The van der Waals surface area contributed by atoms with Gasteiger partial charge in [0.2, 0.25) is 0 Å². The highest BCUT2D eigenvalue weighted by molar-refractivity contribution is 6.29. The summed E-state index contributed by atoms with van der Waals surface area (Å²) < 4.78 is 0. The molecule has 18 aromatic rings. The van der Waals surface area contributed by atoms with Crippen LogP contribution in [0.1, 0.15) is 22.3 Å². The minimum Gasteiger partial charge on any atom is -0.310 e. The van der Waals surface area contributed by atoms with E-state index in [-0.39, 0.29) is 0 Å². The van der Waals surface area contributed by atoms with Gasteiger partial charge in [-0.25, -0.2) is 29.9 Å². The minimum atomic E-state index is -0.684. The number of hydrogen-bond acceptors (Lipinski definition) is 7. The van der Waals surface area contributed by atoms with Crippen LogP contribution in [0, 0.1) is 0 Å². The van der Waals surface area contributed by atoms with Gasteiger partial charge in [0.25, 0.3) is 0 Å². The predicted molar refractivity (Wildman–Crippen MR) is 418 cm³/mol. The number of benzene rings is 16. The van der Waals surface area contributed by atoms with Crippen molar-refractivity contribution in [1.82, 2.24) is 29.9 Å². The molecule has 0 amide bonds. The van der Waals surface area contributed by atoms with E-state index in [0.717, 1.165) is 78.3 Å². The lowest BCUT2D eigenvalue weighted by Gasteiger charge is -2.45. The Balaban J connectivity index is 0.717. The second kappa shape index (κ2) is 23.8. The number of para-hydroxylation sites is 1. The summed E-state index contributed by atoms with van der Waals surface area (Å²) in [6.45, 7) is 0. The molecular weight excluding hydrogens is 1240 g/mol. The SMILES string of the molecule is c1ccc(-c2nc(-c3ccccc3)nc(-c3ccc(-c4c(-c5ccc6c7ccccc7c7c(-c8ccc(N9c%10ccccc%10C%10(c%11ccccc%11-c%11ccccc%11%10)c%10cc(-c%11nc(-c%12ccccc%12)nc(-c%12ccccc%12)n%11)ccc%109)cc8)cccc7c6c5)ccc5ccccc45)cc3)n2)cc1. The van der Waals surface area contributed by atoms with Crippen LogP contribution in [0.5, 0.6) is 0 Å². The van der Waals surface area contributed by atoms with E-state index in [1.54, 1.807) is 0 Å². The van der Waals surface area contributed by atoms with Crippen LogP contribution in [0.15, 0.2) is 358 Å². The number of anilines is 3. The summed E-state index contributed by atoms with van der Waals surface area (Å²) in [5.41, 5.74) is 22.3. The highest BCUT2D eigenvalue weighted by atomic mass is 15.2. The molecular formula is C95H59N7. The zero-order valence-electron chi connectivity index (χ0n) is 55.2. The highest BCUT2D eigenvalue weighted by Crippen LogP contribution is 2.64. The van der Waals surface area contributed by atoms with E-state index in [1.807, 2.05) is 97.1 Å². The van der Waals surface area contributed by atoms with E-state index in [9.17, 15) is 0 Å². The molecule has 20 rings (SSSR count).